The Morgan fingerprint density at radius 1 is 1.19 bits per heavy atom. The second-order valence-electron chi connectivity index (χ2n) is 7.67. The molecule has 2 aliphatic rings. The van der Waals surface area contributed by atoms with E-state index in [0.717, 1.165) is 25.6 Å². The Bertz CT molecular complexity index is 752. The summed E-state index contributed by atoms with van der Waals surface area (Å²) >= 11 is 0. The van der Waals surface area contributed by atoms with Crippen molar-refractivity contribution in [2.75, 3.05) is 19.6 Å². The van der Waals surface area contributed by atoms with Crippen molar-refractivity contribution >= 4 is 29.9 Å². The van der Waals surface area contributed by atoms with E-state index in [9.17, 15) is 0 Å². The van der Waals surface area contributed by atoms with Crippen LogP contribution < -0.4 is 5.32 Å². The van der Waals surface area contributed by atoms with Gasteiger partial charge in [-0.3, -0.25) is 4.68 Å². The number of guanidine groups is 1. The summed E-state index contributed by atoms with van der Waals surface area (Å²) in [7, 11) is 0. The number of hydrogen-bond acceptors (Lipinski definition) is 2. The summed E-state index contributed by atoms with van der Waals surface area (Å²) in [6.07, 6.45) is 9.36. The summed E-state index contributed by atoms with van der Waals surface area (Å²) in [5.41, 5.74) is 3.15. The summed E-state index contributed by atoms with van der Waals surface area (Å²) in [6, 6.07) is 10.5. The van der Waals surface area contributed by atoms with E-state index in [4.69, 9.17) is 4.99 Å². The molecule has 1 aromatic carbocycles. The molecular formula is C21H30IN5. The van der Waals surface area contributed by atoms with Crippen LogP contribution in [0, 0.1) is 5.41 Å². The highest BCUT2D eigenvalue weighted by Crippen LogP contribution is 2.47. The van der Waals surface area contributed by atoms with Crippen molar-refractivity contribution in [2.45, 2.75) is 45.7 Å². The molecule has 1 aromatic heterocycles. The van der Waals surface area contributed by atoms with Gasteiger partial charge in [0.2, 0.25) is 0 Å². The van der Waals surface area contributed by atoms with Crippen LogP contribution in [0.25, 0.3) is 0 Å². The average Bonchev–Trinajstić information content (AvgIpc) is 3.29. The zero-order chi connectivity index (χ0) is 17.8. The Hall–Kier alpha value is -1.57. The lowest BCUT2D eigenvalue weighted by molar-refractivity contribution is 0.151. The fourth-order valence-electron chi connectivity index (χ4n) is 4.22. The minimum Gasteiger partial charge on any atom is -0.357 e. The van der Waals surface area contributed by atoms with Gasteiger partial charge in [-0.25, -0.2) is 4.99 Å². The number of hydrogen-bond donors (Lipinski definition) is 1. The summed E-state index contributed by atoms with van der Waals surface area (Å²) in [6.45, 7) is 6.88. The molecule has 0 bridgehead atoms. The van der Waals surface area contributed by atoms with Crippen LogP contribution in [0.1, 0.15) is 43.7 Å². The molecule has 1 saturated carbocycles. The summed E-state index contributed by atoms with van der Waals surface area (Å²) < 4.78 is 1.97. The fraction of sp³-hybridized carbons (Fsp3) is 0.524. The van der Waals surface area contributed by atoms with Crippen molar-refractivity contribution in [1.82, 2.24) is 20.0 Å². The monoisotopic (exact) mass is 479 g/mol. The molecule has 2 aromatic rings. The molecule has 0 amide bonds. The average molecular weight is 479 g/mol. The van der Waals surface area contributed by atoms with Gasteiger partial charge in [-0.05, 0) is 48.8 Å². The second kappa shape index (κ2) is 9.08. The Morgan fingerprint density at radius 3 is 2.63 bits per heavy atom. The first-order valence-electron chi connectivity index (χ1n) is 9.85. The molecule has 0 atom stereocenters. The van der Waals surface area contributed by atoms with Gasteiger partial charge in [-0.1, -0.05) is 30.7 Å². The van der Waals surface area contributed by atoms with Crippen LogP contribution in [0.2, 0.25) is 0 Å². The molecule has 1 spiro atoms. The van der Waals surface area contributed by atoms with E-state index in [2.05, 4.69) is 46.5 Å². The number of aromatic nitrogens is 2. The lowest BCUT2D eigenvalue weighted by Gasteiger charge is -2.38. The normalized spacial score (nSPS) is 18.3. The molecule has 6 heteroatoms. The molecule has 5 nitrogen and oxygen atoms in total. The molecule has 146 valence electrons. The number of nitrogens with one attached hydrogen (secondary N) is 1. The first-order valence-corrected chi connectivity index (χ1v) is 9.85. The van der Waals surface area contributed by atoms with Crippen LogP contribution in [-0.4, -0.2) is 40.3 Å². The smallest absolute Gasteiger partial charge is 0.194 e. The summed E-state index contributed by atoms with van der Waals surface area (Å²) in [5.74, 6) is 1.07. The molecule has 1 aliphatic heterocycles. The predicted octanol–water partition coefficient (Wildman–Crippen LogP) is 3.89. The third-order valence-corrected chi connectivity index (χ3v) is 5.90. The zero-order valence-electron chi connectivity index (χ0n) is 16.1. The van der Waals surface area contributed by atoms with Gasteiger partial charge >= 0.3 is 0 Å². The minimum absolute atomic E-state index is 0. The number of rotatable bonds is 5. The maximum Gasteiger partial charge on any atom is 0.194 e. The van der Waals surface area contributed by atoms with Gasteiger partial charge in [0.15, 0.2) is 5.96 Å². The maximum absolute atomic E-state index is 4.98. The molecule has 0 unspecified atom stereocenters. The number of benzene rings is 1. The van der Waals surface area contributed by atoms with E-state index >= 15 is 0 Å². The third kappa shape index (κ3) is 4.65. The first kappa shape index (κ1) is 20.2. The van der Waals surface area contributed by atoms with Gasteiger partial charge in [0.1, 0.15) is 0 Å². The van der Waals surface area contributed by atoms with Gasteiger partial charge in [0, 0.05) is 32.0 Å². The van der Waals surface area contributed by atoms with Gasteiger partial charge in [0.25, 0.3) is 0 Å². The number of aliphatic imine (C=N–C) groups is 1. The van der Waals surface area contributed by atoms with Gasteiger partial charge in [0.05, 0.1) is 13.1 Å². The van der Waals surface area contributed by atoms with E-state index in [1.165, 1.54) is 43.4 Å². The lowest BCUT2D eigenvalue weighted by atomic mass is 9.68. The van der Waals surface area contributed by atoms with Crippen molar-refractivity contribution in [1.29, 1.82) is 0 Å². The SMILES string of the molecule is CCNC(=NCc1ccccc1Cn1cccn1)N1CCC2(CCC2)C1.I. The van der Waals surface area contributed by atoms with E-state index < -0.39 is 0 Å². The zero-order valence-corrected chi connectivity index (χ0v) is 18.4. The highest BCUT2D eigenvalue weighted by Gasteiger charge is 2.43. The minimum atomic E-state index is 0. The van der Waals surface area contributed by atoms with Crippen molar-refractivity contribution in [2.24, 2.45) is 10.4 Å². The van der Waals surface area contributed by atoms with Gasteiger partial charge in [-0.15, -0.1) is 24.0 Å². The van der Waals surface area contributed by atoms with E-state index in [1.807, 2.05) is 23.1 Å². The third-order valence-electron chi connectivity index (χ3n) is 5.90. The Balaban J connectivity index is 0.00000210. The van der Waals surface area contributed by atoms with Crippen LogP contribution in [-0.2, 0) is 13.1 Å². The Morgan fingerprint density at radius 2 is 2.00 bits per heavy atom. The second-order valence-corrected chi connectivity index (χ2v) is 7.67. The summed E-state index contributed by atoms with van der Waals surface area (Å²) in [5, 5.41) is 7.84. The first-order chi connectivity index (χ1) is 12.8. The number of nitrogens with zero attached hydrogens (tertiary/aromatic N) is 4. The van der Waals surface area contributed by atoms with Crippen LogP contribution in [0.15, 0.2) is 47.7 Å². The molecule has 2 heterocycles. The van der Waals surface area contributed by atoms with Crippen molar-refractivity contribution in [3.63, 3.8) is 0 Å². The molecule has 1 aliphatic carbocycles. The molecule has 27 heavy (non-hydrogen) atoms. The van der Waals surface area contributed by atoms with E-state index in [-0.39, 0.29) is 24.0 Å². The highest BCUT2D eigenvalue weighted by molar-refractivity contribution is 14.0. The lowest BCUT2D eigenvalue weighted by Crippen LogP contribution is -2.42. The standard InChI is InChI=1S/C21H29N5.HI/c1-2-22-20(25-14-11-21(17-25)9-5-10-21)23-15-18-7-3-4-8-19(18)16-26-13-6-12-24-26;/h3-4,6-8,12-13H,2,5,9-11,14-17H2,1H3,(H,22,23);1H. The number of halogens is 1. The highest BCUT2D eigenvalue weighted by atomic mass is 127. The largest absolute Gasteiger partial charge is 0.357 e. The van der Waals surface area contributed by atoms with Crippen LogP contribution >= 0.6 is 24.0 Å². The Labute approximate surface area is 179 Å². The Kier molecular flexibility index (Phi) is 6.78. The quantitative estimate of drug-likeness (QED) is 0.402. The molecule has 1 saturated heterocycles. The molecule has 0 radical (unpaired) electrons. The summed E-state index contributed by atoms with van der Waals surface area (Å²) in [4.78, 5) is 7.45. The van der Waals surface area contributed by atoms with E-state index in [0.29, 0.717) is 12.0 Å². The van der Waals surface area contributed by atoms with Gasteiger partial charge < -0.3 is 10.2 Å². The molecule has 4 rings (SSSR count). The molecule has 2 fully saturated rings. The van der Waals surface area contributed by atoms with Crippen LogP contribution in [0.3, 0.4) is 0 Å². The molecule has 1 N–H and O–H groups in total. The van der Waals surface area contributed by atoms with Crippen molar-refractivity contribution in [3.05, 3.63) is 53.9 Å². The van der Waals surface area contributed by atoms with Crippen molar-refractivity contribution in [3.8, 4) is 0 Å². The topological polar surface area (TPSA) is 45.5 Å². The van der Waals surface area contributed by atoms with Crippen LogP contribution in [0.5, 0.6) is 0 Å². The van der Waals surface area contributed by atoms with Gasteiger partial charge in [-0.2, -0.15) is 5.10 Å². The molecular weight excluding hydrogens is 449 g/mol. The van der Waals surface area contributed by atoms with E-state index in [1.54, 1.807) is 0 Å². The maximum atomic E-state index is 4.98. The number of likely N-dealkylation sites (tertiary alicyclic amines) is 1. The predicted molar refractivity (Wildman–Crippen MR) is 120 cm³/mol. The fourth-order valence-corrected chi connectivity index (χ4v) is 4.22. The van der Waals surface area contributed by atoms with Crippen molar-refractivity contribution < 1.29 is 0 Å². The van der Waals surface area contributed by atoms with Crippen LogP contribution in [0.4, 0.5) is 0 Å².